The maximum absolute atomic E-state index is 11.9. The molecule has 0 aliphatic carbocycles. The molecule has 1 aromatic rings. The molecule has 1 heterocycles. The van der Waals surface area contributed by atoms with Crippen LogP contribution in [0.5, 0.6) is 0 Å². The van der Waals surface area contributed by atoms with Crippen LogP contribution in [0.3, 0.4) is 0 Å². The molecule has 1 aromatic heterocycles. The average Bonchev–Trinajstić information content (AvgIpc) is 2.63. The zero-order valence-electron chi connectivity index (χ0n) is 8.39. The lowest BCUT2D eigenvalue weighted by Crippen LogP contribution is -2.25. The van der Waals surface area contributed by atoms with Crippen molar-refractivity contribution in [2.75, 3.05) is 0 Å². The largest absolute Gasteiger partial charge is 0.450 e. The first-order valence-corrected chi connectivity index (χ1v) is 6.48. The molecule has 0 unspecified atom stereocenters. The molecule has 5 nitrogen and oxygen atoms in total. The van der Waals surface area contributed by atoms with Gasteiger partial charge < -0.3 is 0 Å². The minimum Gasteiger partial charge on any atom is -0.293 e. The monoisotopic (exact) mass is 302 g/mol. The third-order valence-electron chi connectivity index (χ3n) is 1.75. The van der Waals surface area contributed by atoms with E-state index in [-0.39, 0.29) is 4.88 Å². The molecule has 18 heavy (non-hydrogen) atoms. The van der Waals surface area contributed by atoms with Gasteiger partial charge >= 0.3 is 16.3 Å². The van der Waals surface area contributed by atoms with Crippen LogP contribution in [0, 0.1) is 0 Å². The number of carbonyl (C=O) groups is 2. The zero-order chi connectivity index (χ0) is 14.1. The summed E-state index contributed by atoms with van der Waals surface area (Å²) < 4.78 is 65.0. The third kappa shape index (κ3) is 3.62. The summed E-state index contributed by atoms with van der Waals surface area (Å²) >= 11 is 0.293. The summed E-state index contributed by atoms with van der Waals surface area (Å²) in [4.78, 5) is 21.5. The molecule has 0 bridgehead atoms. The average molecular weight is 302 g/mol. The molecule has 0 atom stereocenters. The number of hydrogen-bond donors (Lipinski definition) is 1. The second-order valence-corrected chi connectivity index (χ2v) is 5.85. The van der Waals surface area contributed by atoms with E-state index < -0.39 is 38.5 Å². The van der Waals surface area contributed by atoms with Gasteiger partial charge in [0.2, 0.25) is 5.78 Å². The molecule has 0 amide bonds. The van der Waals surface area contributed by atoms with E-state index in [2.05, 4.69) is 0 Å². The Morgan fingerprint density at radius 3 is 2.22 bits per heavy atom. The second kappa shape index (κ2) is 4.78. The molecule has 0 radical (unpaired) electrons. The summed E-state index contributed by atoms with van der Waals surface area (Å²) in [5, 5.41) is 0. The van der Waals surface area contributed by atoms with Crippen molar-refractivity contribution in [1.29, 1.82) is 0 Å². The first-order chi connectivity index (χ1) is 8.01. The molecule has 0 aromatic carbocycles. The standard InChI is InChI=1S/C8H5F3O5S2/c9-8(10,11)6(13)3-4(12)5-1-2-7(17-5)18(14,15)16/h1-2H,3H2,(H,14,15,16). The normalized spacial score (nSPS) is 12.4. The number of Topliss-reactive ketones (excluding diaryl/α,β-unsaturated/α-hetero) is 2. The molecule has 0 saturated heterocycles. The highest BCUT2D eigenvalue weighted by Gasteiger charge is 2.39. The van der Waals surface area contributed by atoms with E-state index in [0.717, 1.165) is 12.1 Å². The summed E-state index contributed by atoms with van der Waals surface area (Å²) in [6, 6.07) is 1.80. The highest BCUT2D eigenvalue weighted by Crippen LogP contribution is 2.24. The van der Waals surface area contributed by atoms with Gasteiger partial charge in [0.15, 0.2) is 5.78 Å². The highest BCUT2D eigenvalue weighted by molar-refractivity contribution is 7.88. The predicted octanol–water partition coefficient (Wildman–Crippen LogP) is 1.70. The predicted molar refractivity (Wildman–Crippen MR) is 54.1 cm³/mol. The van der Waals surface area contributed by atoms with Crippen molar-refractivity contribution >= 4 is 33.0 Å². The minimum absolute atomic E-state index is 0.293. The molecule has 0 saturated carbocycles. The van der Waals surface area contributed by atoms with Crippen LogP contribution in [0.25, 0.3) is 0 Å². The van der Waals surface area contributed by atoms with Gasteiger partial charge in [0, 0.05) is 0 Å². The van der Waals surface area contributed by atoms with Gasteiger partial charge in [-0.25, -0.2) is 0 Å². The van der Waals surface area contributed by atoms with Crippen molar-refractivity contribution in [2.45, 2.75) is 16.8 Å². The molecule has 0 fully saturated rings. The van der Waals surface area contributed by atoms with Crippen molar-refractivity contribution in [3.63, 3.8) is 0 Å². The van der Waals surface area contributed by atoms with Gasteiger partial charge in [-0.1, -0.05) is 0 Å². The Kier molecular flexibility index (Phi) is 3.93. The lowest BCUT2D eigenvalue weighted by molar-refractivity contribution is -0.170. The van der Waals surface area contributed by atoms with Gasteiger partial charge in [-0.2, -0.15) is 21.6 Å². The summed E-state index contributed by atoms with van der Waals surface area (Å²) in [6.45, 7) is 0. The van der Waals surface area contributed by atoms with Gasteiger partial charge in [-0.3, -0.25) is 14.1 Å². The quantitative estimate of drug-likeness (QED) is 0.519. The fourth-order valence-corrected chi connectivity index (χ4v) is 2.55. The van der Waals surface area contributed by atoms with Crippen LogP contribution in [0.15, 0.2) is 16.3 Å². The number of carbonyl (C=O) groups excluding carboxylic acids is 2. The van der Waals surface area contributed by atoms with E-state index >= 15 is 0 Å². The maximum atomic E-state index is 11.9. The first kappa shape index (κ1) is 14.8. The van der Waals surface area contributed by atoms with Crippen LogP contribution in [0.1, 0.15) is 16.1 Å². The van der Waals surface area contributed by atoms with E-state index in [1.54, 1.807) is 0 Å². The molecule has 1 rings (SSSR count). The Hall–Kier alpha value is -1.26. The van der Waals surface area contributed by atoms with E-state index in [1.807, 2.05) is 0 Å². The van der Waals surface area contributed by atoms with Crippen molar-refractivity contribution < 1.29 is 35.7 Å². The van der Waals surface area contributed by atoms with Crippen molar-refractivity contribution in [3.05, 3.63) is 17.0 Å². The Morgan fingerprint density at radius 1 is 1.28 bits per heavy atom. The molecular formula is C8H5F3O5S2. The van der Waals surface area contributed by atoms with Crippen molar-refractivity contribution in [1.82, 2.24) is 0 Å². The zero-order valence-corrected chi connectivity index (χ0v) is 10.0. The Morgan fingerprint density at radius 2 is 1.83 bits per heavy atom. The van der Waals surface area contributed by atoms with Crippen LogP contribution in [0.2, 0.25) is 0 Å². The fourth-order valence-electron chi connectivity index (χ4n) is 0.942. The van der Waals surface area contributed by atoms with Crippen LogP contribution < -0.4 is 0 Å². The summed E-state index contributed by atoms with van der Waals surface area (Å²) in [7, 11) is -4.51. The molecule has 100 valence electrons. The van der Waals surface area contributed by atoms with Gasteiger partial charge in [0.1, 0.15) is 4.21 Å². The van der Waals surface area contributed by atoms with Crippen LogP contribution in [0.4, 0.5) is 13.2 Å². The Balaban J connectivity index is 2.87. The number of hydrogen-bond acceptors (Lipinski definition) is 5. The Labute approximate surface area is 103 Å². The lowest BCUT2D eigenvalue weighted by atomic mass is 10.2. The van der Waals surface area contributed by atoms with Gasteiger partial charge in [-0.15, -0.1) is 11.3 Å². The van der Waals surface area contributed by atoms with Crippen molar-refractivity contribution in [2.24, 2.45) is 0 Å². The molecular weight excluding hydrogens is 297 g/mol. The summed E-state index contributed by atoms with van der Waals surface area (Å²) in [5.41, 5.74) is 0. The number of thiophene rings is 1. The van der Waals surface area contributed by atoms with Crippen molar-refractivity contribution in [3.8, 4) is 0 Å². The lowest BCUT2D eigenvalue weighted by Gasteiger charge is -2.02. The molecule has 0 aliphatic heterocycles. The summed E-state index contributed by atoms with van der Waals surface area (Å²) in [5.74, 6) is -3.37. The number of halogens is 3. The summed E-state index contributed by atoms with van der Waals surface area (Å²) in [6.07, 6.45) is -6.51. The van der Waals surface area contributed by atoms with E-state index in [0.29, 0.717) is 11.3 Å². The molecule has 1 N–H and O–H groups in total. The topological polar surface area (TPSA) is 88.5 Å². The molecule has 0 aliphatic rings. The minimum atomic E-state index is -5.11. The Bertz CT molecular complexity index is 584. The van der Waals surface area contributed by atoms with Gasteiger partial charge in [0.25, 0.3) is 0 Å². The smallest absolute Gasteiger partial charge is 0.293 e. The number of ketones is 2. The maximum Gasteiger partial charge on any atom is 0.450 e. The van der Waals surface area contributed by atoms with Crippen LogP contribution in [-0.4, -0.2) is 30.7 Å². The van der Waals surface area contributed by atoms with Gasteiger partial charge in [0.05, 0.1) is 11.3 Å². The van der Waals surface area contributed by atoms with E-state index in [1.165, 1.54) is 0 Å². The number of alkyl halides is 3. The van der Waals surface area contributed by atoms with Crippen LogP contribution in [-0.2, 0) is 14.9 Å². The highest BCUT2D eigenvalue weighted by atomic mass is 32.3. The molecule has 10 heteroatoms. The number of rotatable bonds is 4. The van der Waals surface area contributed by atoms with E-state index in [9.17, 15) is 31.2 Å². The first-order valence-electron chi connectivity index (χ1n) is 4.22. The van der Waals surface area contributed by atoms with Gasteiger partial charge in [-0.05, 0) is 12.1 Å². The SMILES string of the molecule is O=C(CC(=O)C(F)(F)F)c1ccc(S(=O)(=O)O)s1. The third-order valence-corrected chi connectivity index (χ3v) is 4.20. The second-order valence-electron chi connectivity index (χ2n) is 3.11. The van der Waals surface area contributed by atoms with E-state index in [4.69, 9.17) is 4.55 Å². The molecule has 0 spiro atoms. The fraction of sp³-hybridized carbons (Fsp3) is 0.250. The van der Waals surface area contributed by atoms with Crippen LogP contribution >= 0.6 is 11.3 Å².